The van der Waals surface area contributed by atoms with Crippen molar-refractivity contribution >= 4 is 0 Å². The monoisotopic (exact) mass is 137 g/mol. The molecule has 1 rings (SSSR count). The summed E-state index contributed by atoms with van der Waals surface area (Å²) in [5.41, 5.74) is 1.27. The standard InChI is InChI=1S/C6H7.Ni/c1-6-4-2-3-5-6;/h2,4H,3H2,1H3;/q-1;. The molecule has 0 aromatic rings. The van der Waals surface area contributed by atoms with Crippen molar-refractivity contribution < 1.29 is 16.5 Å². The quantitative estimate of drug-likeness (QED) is 0.352. The van der Waals surface area contributed by atoms with Gasteiger partial charge in [-0.1, -0.05) is 6.92 Å². The molecule has 42 valence electrons. The summed E-state index contributed by atoms with van der Waals surface area (Å²) in [6, 6.07) is 0. The first-order valence-corrected chi connectivity index (χ1v) is 2.13. The minimum atomic E-state index is 0. The molecule has 0 aliphatic heterocycles. The van der Waals surface area contributed by atoms with E-state index in [1.807, 2.05) is 0 Å². The average Bonchev–Trinajstić information content (AvgIpc) is 1.86. The van der Waals surface area contributed by atoms with Gasteiger partial charge in [-0.2, -0.15) is 6.08 Å². The van der Waals surface area contributed by atoms with Crippen LogP contribution in [0.2, 0.25) is 0 Å². The van der Waals surface area contributed by atoms with Crippen molar-refractivity contribution in [2.45, 2.75) is 13.3 Å². The largest absolute Gasteiger partial charge is 0.270 e. The Bertz CT molecular complexity index is 98.0. The van der Waals surface area contributed by atoms with Crippen molar-refractivity contribution in [3.63, 3.8) is 0 Å². The predicted octanol–water partition coefficient (Wildman–Crippen LogP) is 1.69. The zero-order valence-electron chi connectivity index (χ0n) is 4.18. The van der Waals surface area contributed by atoms with Gasteiger partial charge >= 0.3 is 0 Å². The van der Waals surface area contributed by atoms with E-state index in [4.69, 9.17) is 0 Å². The summed E-state index contributed by atoms with van der Waals surface area (Å²) in [4.78, 5) is 0. The Hall–Kier alpha value is -0.0265. The van der Waals surface area contributed by atoms with Gasteiger partial charge in [0.1, 0.15) is 0 Å². The molecule has 0 heterocycles. The van der Waals surface area contributed by atoms with Crippen LogP contribution in [-0.4, -0.2) is 0 Å². The molecule has 0 fully saturated rings. The molecule has 0 N–H and O–H groups in total. The van der Waals surface area contributed by atoms with Gasteiger partial charge in [0.15, 0.2) is 0 Å². The summed E-state index contributed by atoms with van der Waals surface area (Å²) in [5.74, 6) is 0. The molecule has 0 nitrogen and oxygen atoms in total. The van der Waals surface area contributed by atoms with Gasteiger partial charge in [0.05, 0.1) is 0 Å². The molecular formula is C6H7Ni-. The topological polar surface area (TPSA) is 0 Å². The second-order valence-electron chi connectivity index (χ2n) is 1.47. The molecule has 0 spiro atoms. The summed E-state index contributed by atoms with van der Waals surface area (Å²) in [6.07, 6.45) is 8.33. The van der Waals surface area contributed by atoms with Crippen LogP contribution in [0.3, 0.4) is 0 Å². The smallest absolute Gasteiger partial charge is 0 e. The van der Waals surface area contributed by atoms with E-state index in [1.165, 1.54) is 5.57 Å². The molecule has 0 radical (unpaired) electrons. The van der Waals surface area contributed by atoms with E-state index in [1.54, 1.807) is 0 Å². The summed E-state index contributed by atoms with van der Waals surface area (Å²) >= 11 is 0. The normalized spacial score (nSPS) is 15.9. The molecule has 0 unspecified atom stereocenters. The maximum atomic E-state index is 3.12. The third-order valence-corrected chi connectivity index (χ3v) is 0.867. The van der Waals surface area contributed by atoms with E-state index in [9.17, 15) is 0 Å². The molecule has 1 aliphatic rings. The zero-order chi connectivity index (χ0) is 4.41. The molecule has 0 saturated heterocycles. The first-order chi connectivity index (χ1) is 2.89. The van der Waals surface area contributed by atoms with Gasteiger partial charge in [-0.15, -0.1) is 6.42 Å². The van der Waals surface area contributed by atoms with Crippen LogP contribution >= 0.6 is 0 Å². The van der Waals surface area contributed by atoms with Crippen LogP contribution in [-0.2, 0) is 16.5 Å². The summed E-state index contributed by atoms with van der Waals surface area (Å²) in [6.45, 7) is 2.06. The maximum Gasteiger partial charge on any atom is 0 e. The van der Waals surface area contributed by atoms with Crippen molar-refractivity contribution in [1.29, 1.82) is 0 Å². The summed E-state index contributed by atoms with van der Waals surface area (Å²) in [5, 5.41) is 0. The molecule has 0 aromatic heterocycles. The van der Waals surface area contributed by atoms with Gasteiger partial charge in [0.2, 0.25) is 0 Å². The Kier molecular flexibility index (Phi) is 3.03. The first-order valence-electron chi connectivity index (χ1n) is 2.13. The number of hydrogen-bond acceptors (Lipinski definition) is 0. The van der Waals surface area contributed by atoms with Gasteiger partial charge in [-0.3, -0.25) is 6.08 Å². The SMILES string of the molecule is CC1=[C-]CC=C1.[Ni]. The second-order valence-corrected chi connectivity index (χ2v) is 1.47. The van der Waals surface area contributed by atoms with Gasteiger partial charge in [-0.05, 0) is 0 Å². The van der Waals surface area contributed by atoms with Crippen molar-refractivity contribution in [1.82, 2.24) is 0 Å². The fraction of sp³-hybridized carbons (Fsp3) is 0.333. The molecule has 0 saturated carbocycles. The van der Waals surface area contributed by atoms with Crippen molar-refractivity contribution in [2.75, 3.05) is 0 Å². The minimum absolute atomic E-state index is 0. The number of allylic oxidation sites excluding steroid dienone is 4. The zero-order valence-corrected chi connectivity index (χ0v) is 5.17. The van der Waals surface area contributed by atoms with Crippen LogP contribution in [0.15, 0.2) is 17.7 Å². The van der Waals surface area contributed by atoms with Gasteiger partial charge in [0.25, 0.3) is 0 Å². The van der Waals surface area contributed by atoms with Crippen LogP contribution in [0, 0.1) is 6.08 Å². The Morgan fingerprint density at radius 1 is 1.71 bits per heavy atom. The molecule has 0 atom stereocenters. The third-order valence-electron chi connectivity index (χ3n) is 0.867. The van der Waals surface area contributed by atoms with Gasteiger partial charge in [0, 0.05) is 16.5 Å². The summed E-state index contributed by atoms with van der Waals surface area (Å²) < 4.78 is 0. The fourth-order valence-corrected chi connectivity index (χ4v) is 0.515. The van der Waals surface area contributed by atoms with E-state index >= 15 is 0 Å². The van der Waals surface area contributed by atoms with E-state index in [2.05, 4.69) is 25.2 Å². The minimum Gasteiger partial charge on any atom is -0.270 e. The van der Waals surface area contributed by atoms with Crippen LogP contribution in [0.5, 0.6) is 0 Å². The molecule has 1 heteroatoms. The van der Waals surface area contributed by atoms with Crippen molar-refractivity contribution in [3.05, 3.63) is 23.8 Å². The fourth-order valence-electron chi connectivity index (χ4n) is 0.515. The molecule has 0 amide bonds. The Morgan fingerprint density at radius 3 is 2.57 bits per heavy atom. The van der Waals surface area contributed by atoms with E-state index in [-0.39, 0.29) is 16.5 Å². The Balaban J connectivity index is 0.000000360. The van der Waals surface area contributed by atoms with E-state index in [0.717, 1.165) is 6.42 Å². The summed E-state index contributed by atoms with van der Waals surface area (Å²) in [7, 11) is 0. The third kappa shape index (κ3) is 1.94. The van der Waals surface area contributed by atoms with Crippen molar-refractivity contribution in [2.24, 2.45) is 0 Å². The predicted molar refractivity (Wildman–Crippen MR) is 26.2 cm³/mol. The average molecular weight is 138 g/mol. The van der Waals surface area contributed by atoms with Crippen LogP contribution in [0.4, 0.5) is 0 Å². The number of hydrogen-bond donors (Lipinski definition) is 0. The van der Waals surface area contributed by atoms with E-state index < -0.39 is 0 Å². The molecule has 0 aromatic carbocycles. The van der Waals surface area contributed by atoms with Crippen LogP contribution in [0.1, 0.15) is 13.3 Å². The second kappa shape index (κ2) is 3.04. The molecular weight excluding hydrogens is 131 g/mol. The van der Waals surface area contributed by atoms with Crippen LogP contribution in [0.25, 0.3) is 0 Å². The van der Waals surface area contributed by atoms with Gasteiger partial charge in [-0.25, -0.2) is 11.6 Å². The maximum absolute atomic E-state index is 3.12. The number of rotatable bonds is 0. The van der Waals surface area contributed by atoms with Crippen LogP contribution < -0.4 is 0 Å². The molecule has 7 heavy (non-hydrogen) atoms. The molecule has 1 aliphatic carbocycles. The van der Waals surface area contributed by atoms with E-state index in [0.29, 0.717) is 0 Å². The first kappa shape index (κ1) is 6.97. The molecule has 0 bridgehead atoms. The van der Waals surface area contributed by atoms with Crippen molar-refractivity contribution in [3.8, 4) is 0 Å². The Labute approximate surface area is 54.2 Å². The Morgan fingerprint density at radius 2 is 2.43 bits per heavy atom. The van der Waals surface area contributed by atoms with Gasteiger partial charge < -0.3 is 0 Å².